The summed E-state index contributed by atoms with van der Waals surface area (Å²) in [6.07, 6.45) is 0. The smallest absolute Gasteiger partial charge is 0.239 e. The van der Waals surface area contributed by atoms with E-state index in [2.05, 4.69) is 231 Å². The van der Waals surface area contributed by atoms with Gasteiger partial charge >= 0.3 is 0 Å². The number of para-hydroxylation sites is 6. The van der Waals surface area contributed by atoms with E-state index in [9.17, 15) is 0 Å². The molecule has 8 aromatic carbocycles. The number of aromatic nitrogens is 7. The van der Waals surface area contributed by atoms with Gasteiger partial charge in [0.25, 0.3) is 0 Å². The van der Waals surface area contributed by atoms with E-state index >= 15 is 0 Å². The van der Waals surface area contributed by atoms with Crippen LogP contribution in [0.4, 0.5) is 0 Å². The lowest BCUT2D eigenvalue weighted by Crippen LogP contribution is -2.18. The van der Waals surface area contributed by atoms with Crippen LogP contribution in [0.15, 0.2) is 239 Å². The first-order valence-corrected chi connectivity index (χ1v) is 23.0. The Morgan fingerprint density at radius 3 is 1.16 bits per heavy atom. The van der Waals surface area contributed by atoms with Crippen LogP contribution >= 0.6 is 10.2 Å². The Bertz CT molecular complexity index is 3730. The van der Waals surface area contributed by atoms with Gasteiger partial charge in [-0.1, -0.05) is 152 Å². The third-order valence-electron chi connectivity index (χ3n) is 12.4. The third kappa shape index (κ3) is 5.30. The van der Waals surface area contributed by atoms with Gasteiger partial charge in [-0.3, -0.25) is 13.1 Å². The van der Waals surface area contributed by atoms with Crippen LogP contribution in [-0.4, -0.2) is 33.0 Å². The molecule has 0 bridgehead atoms. The molecule has 64 heavy (non-hydrogen) atoms. The summed E-state index contributed by atoms with van der Waals surface area (Å²) in [7, 11) is -2.57. The van der Waals surface area contributed by atoms with Crippen LogP contribution in [0.5, 0.6) is 0 Å². The molecule has 0 aliphatic carbocycles. The first kappa shape index (κ1) is 36.3. The average molecular weight is 840 g/mol. The van der Waals surface area contributed by atoms with Crippen LogP contribution in [0.2, 0.25) is 0 Å². The van der Waals surface area contributed by atoms with Gasteiger partial charge < -0.3 is 0 Å². The fourth-order valence-corrected chi connectivity index (χ4v) is 13.4. The van der Waals surface area contributed by atoms with E-state index in [-0.39, 0.29) is 0 Å². The van der Waals surface area contributed by atoms with Crippen molar-refractivity contribution in [2.24, 2.45) is 0 Å². The molecule has 0 unspecified atom stereocenters. The van der Waals surface area contributed by atoms with Crippen molar-refractivity contribution >= 4 is 75.6 Å². The number of nitrogens with zero attached hydrogens (tertiary/aromatic N) is 7. The second kappa shape index (κ2) is 14.4. The molecule has 0 saturated heterocycles. The zero-order valence-electron chi connectivity index (χ0n) is 34.4. The van der Waals surface area contributed by atoms with Gasteiger partial charge in [0.05, 0.1) is 33.1 Å². The van der Waals surface area contributed by atoms with E-state index in [0.717, 1.165) is 59.5 Å². The van der Waals surface area contributed by atoms with Gasteiger partial charge in [0.2, 0.25) is 11.1 Å². The molecule has 0 aliphatic rings. The minimum absolute atomic E-state index is 0.481. The molecule has 0 atom stereocenters. The summed E-state index contributed by atoms with van der Waals surface area (Å²) in [6, 6.07) is 79.2. The van der Waals surface area contributed by atoms with Crippen molar-refractivity contribution in [3.05, 3.63) is 224 Å². The van der Waals surface area contributed by atoms with Crippen molar-refractivity contribution in [2.75, 3.05) is 0 Å². The largest absolute Gasteiger partial charge is 0.294 e. The Morgan fingerprint density at radius 2 is 0.688 bits per heavy atom. The summed E-state index contributed by atoms with van der Waals surface area (Å²) >= 11 is 0. The molecule has 13 rings (SSSR count). The van der Waals surface area contributed by atoms with Crippen molar-refractivity contribution in [3.8, 4) is 23.3 Å². The lowest BCUT2D eigenvalue weighted by Gasteiger charge is -2.41. The van der Waals surface area contributed by atoms with Gasteiger partial charge in [-0.05, 0) is 83.0 Å². The summed E-state index contributed by atoms with van der Waals surface area (Å²) in [4.78, 5) is 24.6. The van der Waals surface area contributed by atoms with Crippen LogP contribution < -0.4 is 0 Å². The van der Waals surface area contributed by atoms with E-state index in [0.29, 0.717) is 22.6 Å². The van der Waals surface area contributed by atoms with Gasteiger partial charge in [-0.15, -0.1) is 0 Å². The molecule has 302 valence electrons. The Kier molecular flexibility index (Phi) is 8.16. The molecular formula is C56H37N7S. The van der Waals surface area contributed by atoms with E-state index in [4.69, 9.17) is 19.9 Å². The van der Waals surface area contributed by atoms with Crippen LogP contribution in [0.25, 0.3) is 88.7 Å². The molecule has 0 aliphatic heterocycles. The van der Waals surface area contributed by atoms with Gasteiger partial charge in [-0.2, -0.15) is 15.0 Å². The predicted octanol–water partition coefficient (Wildman–Crippen LogP) is 14.0. The highest BCUT2D eigenvalue weighted by atomic mass is 32.3. The number of pyridine rings is 1. The maximum Gasteiger partial charge on any atom is 0.239 e. The Labute approximate surface area is 369 Å². The SMILES string of the molecule is c1ccc(S(c2ccccc2)(c2nc(-c3cccc(-n4c5ccccc5c5ccccc54)n3)nc(-n3c4ccccc4c4ccccc43)n2)n2c3ccccc3c3ccccc32)cc1. The normalized spacial score (nSPS) is 12.3. The Morgan fingerprint density at radius 1 is 0.297 bits per heavy atom. The van der Waals surface area contributed by atoms with Crippen molar-refractivity contribution in [1.82, 2.24) is 33.0 Å². The van der Waals surface area contributed by atoms with Gasteiger partial charge in [0.15, 0.2) is 5.82 Å². The Balaban J connectivity index is 1.19. The van der Waals surface area contributed by atoms with Crippen LogP contribution in [0.1, 0.15) is 0 Å². The first-order chi connectivity index (χ1) is 31.8. The predicted molar refractivity (Wildman–Crippen MR) is 262 cm³/mol. The number of fused-ring (bicyclic) bond motifs is 9. The molecule has 0 fully saturated rings. The maximum atomic E-state index is 5.77. The highest BCUT2D eigenvalue weighted by Gasteiger charge is 2.40. The fraction of sp³-hybridized carbons (Fsp3) is 0. The summed E-state index contributed by atoms with van der Waals surface area (Å²) in [5.41, 5.74) is 7.02. The van der Waals surface area contributed by atoms with Crippen LogP contribution in [0.3, 0.4) is 0 Å². The molecule has 0 radical (unpaired) electrons. The van der Waals surface area contributed by atoms with Crippen LogP contribution in [-0.2, 0) is 0 Å². The quantitative estimate of drug-likeness (QED) is 0.160. The van der Waals surface area contributed by atoms with Crippen molar-refractivity contribution in [2.45, 2.75) is 14.9 Å². The topological polar surface area (TPSA) is 66.3 Å². The molecular weight excluding hydrogens is 803 g/mol. The number of hydrogen-bond acceptors (Lipinski definition) is 4. The first-order valence-electron chi connectivity index (χ1n) is 21.4. The van der Waals surface area contributed by atoms with Crippen molar-refractivity contribution in [3.63, 3.8) is 0 Å². The number of benzene rings is 8. The molecule has 5 aromatic heterocycles. The molecule has 13 aromatic rings. The average Bonchev–Trinajstić information content (AvgIpc) is 4.01. The van der Waals surface area contributed by atoms with Crippen LogP contribution in [0, 0.1) is 0 Å². The van der Waals surface area contributed by atoms with Crippen molar-refractivity contribution < 1.29 is 0 Å². The monoisotopic (exact) mass is 839 g/mol. The molecule has 0 saturated carbocycles. The van der Waals surface area contributed by atoms with E-state index < -0.39 is 10.2 Å². The van der Waals surface area contributed by atoms with Gasteiger partial charge in [0, 0.05) is 42.1 Å². The Hall–Kier alpha value is -8.33. The zero-order valence-corrected chi connectivity index (χ0v) is 35.2. The standard InChI is InChI=1S/C56H37N7S/c1-3-20-38(21-4-1)64(39-22-5-2-6-23-39,63-51-35-17-11-28-44(51)45-29-12-18-36-52(45)63)56-59-54(58-55(60-56)62-49-33-15-9-26-42(49)43-27-10-16-34-50(43)62)46-30-19-37-53(57-46)61-47-31-13-7-24-40(47)41-25-8-14-32-48(41)61/h1-37H. The minimum atomic E-state index is -2.57. The highest BCUT2D eigenvalue weighted by Crippen LogP contribution is 2.70. The summed E-state index contributed by atoms with van der Waals surface area (Å²) in [5, 5.41) is 7.57. The van der Waals surface area contributed by atoms with Gasteiger partial charge in [-0.25, -0.2) is 4.98 Å². The second-order valence-electron chi connectivity index (χ2n) is 15.9. The lowest BCUT2D eigenvalue weighted by atomic mass is 10.2. The molecule has 0 amide bonds. The minimum Gasteiger partial charge on any atom is -0.294 e. The van der Waals surface area contributed by atoms with E-state index in [1.165, 1.54) is 21.5 Å². The van der Waals surface area contributed by atoms with Crippen molar-refractivity contribution in [1.29, 1.82) is 0 Å². The highest BCUT2D eigenvalue weighted by molar-refractivity contribution is 8.32. The van der Waals surface area contributed by atoms with E-state index in [1.54, 1.807) is 0 Å². The molecule has 0 spiro atoms. The molecule has 5 heterocycles. The molecule has 0 N–H and O–H groups in total. The molecule has 8 heteroatoms. The molecule has 7 nitrogen and oxygen atoms in total. The summed E-state index contributed by atoms with van der Waals surface area (Å²) in [5.74, 6) is 1.78. The fourth-order valence-electron chi connectivity index (χ4n) is 9.73. The second-order valence-corrected chi connectivity index (χ2v) is 18.7. The summed E-state index contributed by atoms with van der Waals surface area (Å²) < 4.78 is 6.97. The maximum absolute atomic E-state index is 5.77. The summed E-state index contributed by atoms with van der Waals surface area (Å²) in [6.45, 7) is 0. The number of hydrogen-bond donors (Lipinski definition) is 0. The lowest BCUT2D eigenvalue weighted by molar-refractivity contribution is 0.837. The third-order valence-corrected chi connectivity index (χ3v) is 16.0. The van der Waals surface area contributed by atoms with Gasteiger partial charge in [0.1, 0.15) is 11.5 Å². The zero-order chi connectivity index (χ0) is 42.2. The number of rotatable bonds is 7. The van der Waals surface area contributed by atoms with E-state index in [1.807, 2.05) is 6.07 Å².